The molecule has 0 saturated carbocycles. The second-order valence-corrected chi connectivity index (χ2v) is 8.16. The summed E-state index contributed by atoms with van der Waals surface area (Å²) >= 11 is 8.56. The third kappa shape index (κ3) is 4.17. The van der Waals surface area contributed by atoms with E-state index in [4.69, 9.17) is 17.0 Å². The number of thioether (sulfide) groups is 1. The molecule has 1 aliphatic heterocycles. The second-order valence-electron chi connectivity index (χ2n) is 5.28. The highest BCUT2D eigenvalue weighted by Gasteiger charge is 2.22. The van der Waals surface area contributed by atoms with Crippen molar-refractivity contribution in [2.24, 2.45) is 0 Å². The van der Waals surface area contributed by atoms with Crippen LogP contribution in [-0.2, 0) is 11.4 Å². The Hall–Kier alpha value is -1.38. The minimum atomic E-state index is -0.137. The van der Waals surface area contributed by atoms with E-state index in [1.165, 1.54) is 11.8 Å². The molecular formula is C18H14INO2S2. The number of amides is 1. The number of ether oxygens (including phenoxy) is 1. The summed E-state index contributed by atoms with van der Waals surface area (Å²) in [6, 6.07) is 14.1. The van der Waals surface area contributed by atoms with Gasteiger partial charge in [0.2, 0.25) is 0 Å². The van der Waals surface area contributed by atoms with Gasteiger partial charge in [-0.25, -0.2) is 0 Å². The molecule has 24 heavy (non-hydrogen) atoms. The van der Waals surface area contributed by atoms with E-state index in [2.05, 4.69) is 27.9 Å². The van der Waals surface area contributed by atoms with Gasteiger partial charge in [0.15, 0.2) is 0 Å². The first-order chi connectivity index (χ1) is 11.5. The van der Waals surface area contributed by atoms with Crippen molar-refractivity contribution in [1.29, 1.82) is 0 Å². The number of nitrogens with one attached hydrogen (secondary N) is 1. The fourth-order valence-electron chi connectivity index (χ4n) is 2.33. The Morgan fingerprint density at radius 1 is 1.29 bits per heavy atom. The summed E-state index contributed by atoms with van der Waals surface area (Å²) in [6.07, 6.45) is 1.86. The van der Waals surface area contributed by atoms with Gasteiger partial charge in [0.1, 0.15) is 16.7 Å². The second kappa shape index (κ2) is 7.67. The molecule has 0 radical (unpaired) electrons. The average Bonchev–Trinajstić information content (AvgIpc) is 2.85. The molecule has 1 amide bonds. The van der Waals surface area contributed by atoms with E-state index >= 15 is 0 Å². The monoisotopic (exact) mass is 467 g/mol. The Labute approximate surface area is 164 Å². The lowest BCUT2D eigenvalue weighted by Crippen LogP contribution is -2.17. The Bertz CT molecular complexity index is 811. The van der Waals surface area contributed by atoms with E-state index in [0.717, 1.165) is 26.0 Å². The van der Waals surface area contributed by atoms with E-state index in [1.54, 1.807) is 0 Å². The fourth-order valence-corrected chi connectivity index (χ4v) is 4.31. The van der Waals surface area contributed by atoms with Gasteiger partial charge in [-0.3, -0.25) is 4.79 Å². The lowest BCUT2D eigenvalue weighted by Gasteiger charge is -2.12. The van der Waals surface area contributed by atoms with Crippen LogP contribution < -0.4 is 10.1 Å². The third-order valence-corrected chi connectivity index (χ3v) is 5.38. The van der Waals surface area contributed by atoms with Gasteiger partial charge in [-0.15, -0.1) is 0 Å². The molecule has 3 nitrogen and oxygen atoms in total. The van der Waals surface area contributed by atoms with Crippen molar-refractivity contribution in [2.45, 2.75) is 13.5 Å². The van der Waals surface area contributed by atoms with E-state index in [0.29, 0.717) is 15.8 Å². The van der Waals surface area contributed by atoms with Gasteiger partial charge in [0.25, 0.3) is 5.91 Å². The quantitative estimate of drug-likeness (QED) is 0.403. The zero-order valence-electron chi connectivity index (χ0n) is 12.8. The average molecular weight is 467 g/mol. The van der Waals surface area contributed by atoms with Crippen LogP contribution in [-0.4, -0.2) is 10.2 Å². The number of benzene rings is 2. The zero-order valence-corrected chi connectivity index (χ0v) is 16.6. The number of carbonyl (C=O) groups excluding carboxylic acids is 1. The molecule has 0 spiro atoms. The SMILES string of the molecule is Cc1cc(C=C2SC(=S)NC2=O)cc(I)c1OCc1ccccc1. The van der Waals surface area contributed by atoms with Crippen LogP contribution >= 0.6 is 46.6 Å². The van der Waals surface area contributed by atoms with E-state index < -0.39 is 0 Å². The number of rotatable bonds is 4. The van der Waals surface area contributed by atoms with Gasteiger partial charge in [-0.2, -0.15) is 0 Å². The van der Waals surface area contributed by atoms with Gasteiger partial charge in [0, 0.05) is 0 Å². The van der Waals surface area contributed by atoms with Crippen molar-refractivity contribution in [3.63, 3.8) is 0 Å². The topological polar surface area (TPSA) is 38.3 Å². The van der Waals surface area contributed by atoms with Crippen LogP contribution in [0.4, 0.5) is 0 Å². The van der Waals surface area contributed by atoms with Crippen LogP contribution in [0.25, 0.3) is 6.08 Å². The van der Waals surface area contributed by atoms with Crippen molar-refractivity contribution >= 4 is 62.9 Å². The number of hydrogen-bond donors (Lipinski definition) is 1. The Balaban J connectivity index is 1.80. The van der Waals surface area contributed by atoms with Crippen molar-refractivity contribution in [3.8, 4) is 5.75 Å². The number of thiocarbonyl (C=S) groups is 1. The molecule has 122 valence electrons. The van der Waals surface area contributed by atoms with Gasteiger partial charge >= 0.3 is 0 Å². The predicted molar refractivity (Wildman–Crippen MR) is 111 cm³/mol. The maximum absolute atomic E-state index is 11.8. The van der Waals surface area contributed by atoms with Crippen molar-refractivity contribution in [3.05, 3.63) is 67.6 Å². The van der Waals surface area contributed by atoms with Crippen molar-refractivity contribution in [2.75, 3.05) is 0 Å². The summed E-state index contributed by atoms with van der Waals surface area (Å²) in [5.41, 5.74) is 3.13. The van der Waals surface area contributed by atoms with Gasteiger partial charge in [-0.05, 0) is 64.4 Å². The van der Waals surface area contributed by atoms with Gasteiger partial charge in [-0.1, -0.05) is 54.3 Å². The normalized spacial score (nSPS) is 15.7. The summed E-state index contributed by atoms with van der Waals surface area (Å²) in [6.45, 7) is 2.54. The molecule has 6 heteroatoms. The predicted octanol–water partition coefficient (Wildman–Crippen LogP) is 4.67. The molecular weight excluding hydrogens is 453 g/mol. The first-order valence-corrected chi connectivity index (χ1v) is 9.55. The highest BCUT2D eigenvalue weighted by Crippen LogP contribution is 2.31. The minimum absolute atomic E-state index is 0.137. The molecule has 0 unspecified atom stereocenters. The molecule has 0 aliphatic carbocycles. The van der Waals surface area contributed by atoms with Crippen LogP contribution in [0.1, 0.15) is 16.7 Å². The van der Waals surface area contributed by atoms with Crippen LogP contribution in [0, 0.1) is 10.5 Å². The van der Waals surface area contributed by atoms with Crippen LogP contribution in [0.15, 0.2) is 47.4 Å². The molecule has 1 saturated heterocycles. The Morgan fingerprint density at radius 3 is 2.67 bits per heavy atom. The largest absolute Gasteiger partial charge is 0.488 e. The van der Waals surface area contributed by atoms with E-state index in [-0.39, 0.29) is 5.91 Å². The summed E-state index contributed by atoms with van der Waals surface area (Å²) in [5.74, 6) is 0.739. The summed E-state index contributed by atoms with van der Waals surface area (Å²) in [5, 5.41) is 2.63. The smallest absolute Gasteiger partial charge is 0.263 e. The van der Waals surface area contributed by atoms with Crippen LogP contribution in [0.3, 0.4) is 0 Å². The lowest BCUT2D eigenvalue weighted by molar-refractivity contribution is -0.115. The van der Waals surface area contributed by atoms with E-state index in [1.807, 2.05) is 55.5 Å². The molecule has 2 aromatic carbocycles. The molecule has 1 aliphatic rings. The van der Waals surface area contributed by atoms with Crippen LogP contribution in [0.2, 0.25) is 0 Å². The number of aryl methyl sites for hydroxylation is 1. The summed E-state index contributed by atoms with van der Waals surface area (Å²) in [4.78, 5) is 12.4. The molecule has 0 bridgehead atoms. The molecule has 1 fully saturated rings. The first kappa shape index (κ1) is 17.4. The lowest BCUT2D eigenvalue weighted by atomic mass is 10.1. The minimum Gasteiger partial charge on any atom is -0.488 e. The molecule has 2 aromatic rings. The molecule has 3 rings (SSSR count). The molecule has 1 heterocycles. The molecule has 1 N–H and O–H groups in total. The molecule has 0 atom stereocenters. The molecule has 0 aromatic heterocycles. The van der Waals surface area contributed by atoms with Gasteiger partial charge < -0.3 is 10.1 Å². The Morgan fingerprint density at radius 2 is 2.04 bits per heavy atom. The number of hydrogen-bond acceptors (Lipinski definition) is 4. The Kier molecular flexibility index (Phi) is 5.57. The standard InChI is InChI=1S/C18H14INO2S2/c1-11-7-13(9-15-17(21)20-18(23)24-15)8-14(19)16(11)22-10-12-5-3-2-4-6-12/h2-9H,10H2,1H3,(H,20,21,23). The third-order valence-electron chi connectivity index (χ3n) is 3.42. The summed E-state index contributed by atoms with van der Waals surface area (Å²) in [7, 11) is 0. The van der Waals surface area contributed by atoms with Crippen molar-refractivity contribution < 1.29 is 9.53 Å². The maximum atomic E-state index is 11.8. The van der Waals surface area contributed by atoms with Gasteiger partial charge in [0.05, 0.1) is 8.48 Å². The van der Waals surface area contributed by atoms with Crippen LogP contribution in [0.5, 0.6) is 5.75 Å². The zero-order chi connectivity index (χ0) is 17.1. The highest BCUT2D eigenvalue weighted by atomic mass is 127. The van der Waals surface area contributed by atoms with E-state index in [9.17, 15) is 4.79 Å². The number of halogens is 1. The van der Waals surface area contributed by atoms with Crippen molar-refractivity contribution in [1.82, 2.24) is 5.32 Å². The summed E-state index contributed by atoms with van der Waals surface area (Å²) < 4.78 is 7.50. The highest BCUT2D eigenvalue weighted by molar-refractivity contribution is 14.1. The maximum Gasteiger partial charge on any atom is 0.263 e. The number of carbonyl (C=O) groups is 1. The first-order valence-electron chi connectivity index (χ1n) is 7.24. The fraction of sp³-hybridized carbons (Fsp3) is 0.111.